The van der Waals surface area contributed by atoms with Gasteiger partial charge in [-0.2, -0.15) is 0 Å². The summed E-state index contributed by atoms with van der Waals surface area (Å²) in [6.45, 7) is 5.51. The van der Waals surface area contributed by atoms with Gasteiger partial charge in [-0.25, -0.2) is 4.79 Å². The normalized spacial score (nSPS) is 22.7. The van der Waals surface area contributed by atoms with Crippen molar-refractivity contribution < 1.29 is 23.7 Å². The van der Waals surface area contributed by atoms with E-state index < -0.39 is 0 Å². The molecule has 3 aromatic carbocycles. The van der Waals surface area contributed by atoms with E-state index in [0.29, 0.717) is 24.9 Å². The largest absolute Gasteiger partial charge is 0.493 e. The average Bonchev–Trinajstić information content (AvgIpc) is 3.28. The van der Waals surface area contributed by atoms with Crippen LogP contribution in [0.3, 0.4) is 0 Å². The van der Waals surface area contributed by atoms with Crippen molar-refractivity contribution in [2.24, 2.45) is 11.8 Å². The maximum Gasteiger partial charge on any atom is 0.317 e. The molecule has 0 radical (unpaired) electrons. The van der Waals surface area contributed by atoms with E-state index in [1.54, 1.807) is 28.4 Å². The molecule has 6 rings (SSSR count). The minimum absolute atomic E-state index is 0.00308. The predicted molar refractivity (Wildman–Crippen MR) is 176 cm³/mol. The Labute approximate surface area is 267 Å². The van der Waals surface area contributed by atoms with Gasteiger partial charge in [0.2, 0.25) is 0 Å². The van der Waals surface area contributed by atoms with Crippen LogP contribution in [0.25, 0.3) is 0 Å². The van der Waals surface area contributed by atoms with Crippen molar-refractivity contribution in [3.8, 4) is 23.0 Å². The third-order valence-electron chi connectivity index (χ3n) is 10.4. The summed E-state index contributed by atoms with van der Waals surface area (Å²) in [5, 5.41) is 3.27. The van der Waals surface area contributed by atoms with Gasteiger partial charge in [-0.1, -0.05) is 43.7 Å². The van der Waals surface area contributed by atoms with Crippen LogP contribution in [0.1, 0.15) is 53.6 Å². The van der Waals surface area contributed by atoms with Gasteiger partial charge in [0.1, 0.15) is 0 Å². The SMILES string of the molecule is CCC1CN2CCc3cc(OC)c(OC)cc3C2CC1C1Cc2cc(OC)c(OC)cc2CCN1C(=O)NCc1ccccc1. The molecular weight excluding hydrogens is 566 g/mol. The summed E-state index contributed by atoms with van der Waals surface area (Å²) in [5.74, 6) is 3.82. The van der Waals surface area contributed by atoms with Crippen molar-refractivity contribution in [2.45, 2.75) is 57.7 Å². The zero-order valence-corrected chi connectivity index (χ0v) is 27.3. The minimum Gasteiger partial charge on any atom is -0.493 e. The van der Waals surface area contributed by atoms with Crippen LogP contribution in [0.2, 0.25) is 0 Å². The lowest BCUT2D eigenvalue weighted by Gasteiger charge is -2.50. The number of amides is 2. The van der Waals surface area contributed by atoms with Crippen molar-refractivity contribution in [1.82, 2.24) is 15.1 Å². The van der Waals surface area contributed by atoms with Gasteiger partial charge in [0, 0.05) is 38.3 Å². The molecule has 3 aliphatic heterocycles. The highest BCUT2D eigenvalue weighted by molar-refractivity contribution is 5.75. The number of nitrogens with one attached hydrogen (secondary N) is 1. The third kappa shape index (κ3) is 6.17. The summed E-state index contributed by atoms with van der Waals surface area (Å²) in [7, 11) is 6.78. The molecule has 8 heteroatoms. The van der Waals surface area contributed by atoms with Crippen LogP contribution in [-0.4, -0.2) is 69.9 Å². The van der Waals surface area contributed by atoms with Gasteiger partial charge >= 0.3 is 6.03 Å². The number of fused-ring (bicyclic) bond motifs is 4. The second kappa shape index (κ2) is 13.6. The lowest BCUT2D eigenvalue weighted by Crippen LogP contribution is -2.55. The number of rotatable bonds is 8. The first-order chi connectivity index (χ1) is 22.0. The van der Waals surface area contributed by atoms with Crippen LogP contribution in [0, 0.1) is 11.8 Å². The molecule has 4 atom stereocenters. The molecule has 240 valence electrons. The number of carbonyl (C=O) groups excluding carboxylic acids is 1. The first-order valence-corrected chi connectivity index (χ1v) is 16.3. The summed E-state index contributed by atoms with van der Waals surface area (Å²) in [4.78, 5) is 18.9. The first kappa shape index (κ1) is 31.1. The Hall–Kier alpha value is -3.91. The molecule has 45 heavy (non-hydrogen) atoms. The van der Waals surface area contributed by atoms with Crippen molar-refractivity contribution in [1.29, 1.82) is 0 Å². The molecule has 3 aromatic rings. The van der Waals surface area contributed by atoms with Gasteiger partial charge in [-0.15, -0.1) is 0 Å². The number of hydrogen-bond acceptors (Lipinski definition) is 6. The molecule has 1 fully saturated rings. The molecule has 0 spiro atoms. The Kier molecular flexibility index (Phi) is 9.40. The van der Waals surface area contributed by atoms with Gasteiger partial charge < -0.3 is 29.2 Å². The Morgan fingerprint density at radius 1 is 0.822 bits per heavy atom. The van der Waals surface area contributed by atoms with E-state index in [1.807, 2.05) is 18.2 Å². The summed E-state index contributed by atoms with van der Waals surface area (Å²) in [5.41, 5.74) is 6.23. The van der Waals surface area contributed by atoms with Crippen molar-refractivity contribution in [3.05, 3.63) is 82.4 Å². The highest BCUT2D eigenvalue weighted by atomic mass is 16.5. The van der Waals surface area contributed by atoms with Crippen LogP contribution in [0.5, 0.6) is 23.0 Å². The van der Waals surface area contributed by atoms with Crippen LogP contribution in [0.15, 0.2) is 54.6 Å². The van der Waals surface area contributed by atoms with Crippen LogP contribution in [-0.2, 0) is 25.8 Å². The number of nitrogens with zero attached hydrogens (tertiary/aromatic N) is 2. The zero-order valence-electron chi connectivity index (χ0n) is 27.3. The zero-order chi connectivity index (χ0) is 31.5. The van der Waals surface area contributed by atoms with Crippen molar-refractivity contribution in [2.75, 3.05) is 48.1 Å². The molecular formula is C37H47N3O5. The Morgan fingerprint density at radius 2 is 1.44 bits per heavy atom. The smallest absolute Gasteiger partial charge is 0.317 e. The lowest BCUT2D eigenvalue weighted by atomic mass is 9.71. The monoisotopic (exact) mass is 613 g/mol. The minimum atomic E-state index is 0.00308. The van der Waals surface area contributed by atoms with Gasteiger partial charge in [-0.05, 0) is 89.6 Å². The van der Waals surface area contributed by atoms with E-state index in [2.05, 4.69) is 58.4 Å². The fourth-order valence-corrected chi connectivity index (χ4v) is 8.00. The van der Waals surface area contributed by atoms with Crippen molar-refractivity contribution >= 4 is 6.03 Å². The predicted octanol–water partition coefficient (Wildman–Crippen LogP) is 6.05. The molecule has 0 aromatic heterocycles. The number of ether oxygens (including phenoxy) is 4. The molecule has 0 aliphatic carbocycles. The maximum atomic E-state index is 14.1. The number of urea groups is 1. The molecule has 1 N–H and O–H groups in total. The summed E-state index contributed by atoms with van der Waals surface area (Å²) >= 11 is 0. The average molecular weight is 614 g/mol. The molecule has 8 nitrogen and oxygen atoms in total. The summed E-state index contributed by atoms with van der Waals surface area (Å²) < 4.78 is 22.8. The first-order valence-electron chi connectivity index (χ1n) is 16.3. The van der Waals surface area contributed by atoms with Gasteiger partial charge in [0.25, 0.3) is 0 Å². The number of methoxy groups -OCH3 is 4. The van der Waals surface area contributed by atoms with E-state index >= 15 is 0 Å². The lowest BCUT2D eigenvalue weighted by molar-refractivity contribution is 0.0132. The second-order valence-corrected chi connectivity index (χ2v) is 12.6. The second-order valence-electron chi connectivity index (χ2n) is 12.6. The van der Waals surface area contributed by atoms with E-state index in [9.17, 15) is 4.79 Å². The van der Waals surface area contributed by atoms with Crippen LogP contribution < -0.4 is 24.3 Å². The van der Waals surface area contributed by atoms with Crippen LogP contribution >= 0.6 is 0 Å². The quantitative estimate of drug-likeness (QED) is 0.334. The summed E-state index contributed by atoms with van der Waals surface area (Å²) in [6.07, 6.45) is 4.60. The Bertz CT molecular complexity index is 1500. The van der Waals surface area contributed by atoms with Crippen LogP contribution in [0.4, 0.5) is 4.79 Å². The van der Waals surface area contributed by atoms with Gasteiger partial charge in [0.05, 0.1) is 28.4 Å². The standard InChI is InChI=1S/C37H47N3O5/c1-6-25-23-39-14-12-27-18-34(43-3)36(45-5)21-30(27)31(39)20-29(25)32-16-28-19-35(44-4)33(42-2)17-26(28)13-15-40(32)37(41)38-22-24-10-8-7-9-11-24/h7-11,17-19,21,25,29,31-32H,6,12-16,20,22-23H2,1-5H3,(H,38,41). The highest BCUT2D eigenvalue weighted by Gasteiger charge is 2.45. The molecule has 0 saturated carbocycles. The number of hydrogen-bond donors (Lipinski definition) is 1. The van der Waals surface area contributed by atoms with E-state index in [1.165, 1.54) is 22.3 Å². The Morgan fingerprint density at radius 3 is 2.11 bits per heavy atom. The van der Waals surface area contributed by atoms with Crippen molar-refractivity contribution in [3.63, 3.8) is 0 Å². The molecule has 2 amide bonds. The number of carbonyl (C=O) groups is 1. The number of piperidine rings is 1. The fourth-order valence-electron chi connectivity index (χ4n) is 8.00. The Balaban J connectivity index is 1.36. The van der Waals surface area contributed by atoms with E-state index in [4.69, 9.17) is 18.9 Å². The fraction of sp³-hybridized carbons (Fsp3) is 0.486. The topological polar surface area (TPSA) is 72.5 Å². The molecule has 4 unspecified atom stereocenters. The third-order valence-corrected chi connectivity index (χ3v) is 10.4. The molecule has 1 saturated heterocycles. The summed E-state index contributed by atoms with van der Waals surface area (Å²) in [6, 6.07) is 19.0. The van der Waals surface area contributed by atoms with Gasteiger partial charge in [0.15, 0.2) is 23.0 Å². The maximum absolute atomic E-state index is 14.1. The molecule has 0 bridgehead atoms. The highest BCUT2D eigenvalue weighted by Crippen LogP contribution is 2.47. The molecule has 3 aliphatic rings. The van der Waals surface area contributed by atoms with E-state index in [0.717, 1.165) is 73.8 Å². The number of benzene rings is 3. The van der Waals surface area contributed by atoms with Gasteiger partial charge in [-0.3, -0.25) is 4.90 Å². The molecule has 3 heterocycles. The van der Waals surface area contributed by atoms with E-state index in [-0.39, 0.29) is 18.1 Å².